The number of carbonyl (C=O) groups is 1. The minimum absolute atomic E-state index is 0.0928. The Morgan fingerprint density at radius 3 is 2.17 bits per heavy atom. The van der Waals surface area contributed by atoms with Crippen LogP contribution >= 0.6 is 0 Å². The number of carbonyl (C=O) groups excluding carboxylic acids is 1. The van der Waals surface area contributed by atoms with E-state index in [1.54, 1.807) is 0 Å². The van der Waals surface area contributed by atoms with Crippen LogP contribution in [0.2, 0.25) is 0 Å². The van der Waals surface area contributed by atoms with E-state index in [9.17, 15) is 4.79 Å². The fourth-order valence-corrected chi connectivity index (χ4v) is 4.33. The molecular formula is C20H36N2O2. The van der Waals surface area contributed by atoms with Crippen LogP contribution in [0.15, 0.2) is 0 Å². The quantitative estimate of drug-likeness (QED) is 0.747. The third kappa shape index (κ3) is 4.51. The van der Waals surface area contributed by atoms with Gasteiger partial charge in [-0.25, -0.2) is 0 Å². The summed E-state index contributed by atoms with van der Waals surface area (Å²) in [5.74, 6) is 1.74. The summed E-state index contributed by atoms with van der Waals surface area (Å²) in [4.78, 5) is 17.2. The van der Waals surface area contributed by atoms with Crippen molar-refractivity contribution in [3.05, 3.63) is 0 Å². The molecule has 1 aliphatic carbocycles. The first-order chi connectivity index (χ1) is 11.2. The minimum Gasteiger partial charge on any atom is -0.378 e. The molecule has 2 aliphatic heterocycles. The van der Waals surface area contributed by atoms with Crippen molar-refractivity contribution < 1.29 is 9.53 Å². The highest BCUT2D eigenvalue weighted by molar-refractivity contribution is 5.77. The Morgan fingerprint density at radius 2 is 1.71 bits per heavy atom. The summed E-state index contributed by atoms with van der Waals surface area (Å²) < 4.78 is 5.89. The van der Waals surface area contributed by atoms with Crippen LogP contribution in [-0.4, -0.2) is 61.1 Å². The Bertz CT molecular complexity index is 451. The van der Waals surface area contributed by atoms with E-state index in [-0.39, 0.29) is 5.41 Å². The molecule has 3 aliphatic rings. The molecule has 0 N–H and O–H groups in total. The normalized spacial score (nSPS) is 29.3. The molecule has 0 aromatic heterocycles. The highest BCUT2D eigenvalue weighted by Gasteiger charge is 2.48. The van der Waals surface area contributed by atoms with Crippen molar-refractivity contribution >= 4 is 5.91 Å². The first-order valence-corrected chi connectivity index (χ1v) is 9.78. The number of ether oxygens (including phenoxy) is 1. The number of hydrogen-bond acceptors (Lipinski definition) is 3. The van der Waals surface area contributed by atoms with Crippen LogP contribution < -0.4 is 0 Å². The van der Waals surface area contributed by atoms with Gasteiger partial charge in [-0.05, 0) is 43.9 Å². The fraction of sp³-hybridized carbons (Fsp3) is 0.950. The summed E-state index contributed by atoms with van der Waals surface area (Å²) in [6.07, 6.45) is 3.65. The molecule has 1 saturated carbocycles. The molecule has 0 radical (unpaired) electrons. The van der Waals surface area contributed by atoms with Gasteiger partial charge in [0.2, 0.25) is 5.91 Å². The number of amides is 1. The number of hydrogen-bond donors (Lipinski definition) is 0. The molecule has 1 amide bonds. The highest BCUT2D eigenvalue weighted by Crippen LogP contribution is 2.48. The SMILES string of the molecule is CC(C)OCC1(CN2CC3CN(C(=O)CC(C)(C)C)CC3C2)CC1. The van der Waals surface area contributed by atoms with Crippen molar-refractivity contribution in [3.8, 4) is 0 Å². The van der Waals surface area contributed by atoms with Crippen LogP contribution in [0.1, 0.15) is 53.9 Å². The summed E-state index contributed by atoms with van der Waals surface area (Å²) in [6.45, 7) is 17.1. The first-order valence-electron chi connectivity index (χ1n) is 9.78. The van der Waals surface area contributed by atoms with Crippen LogP contribution in [0.5, 0.6) is 0 Å². The van der Waals surface area contributed by atoms with Gasteiger partial charge in [-0.15, -0.1) is 0 Å². The lowest BCUT2D eigenvalue weighted by molar-refractivity contribution is -0.132. The molecule has 0 aromatic carbocycles. The zero-order valence-electron chi connectivity index (χ0n) is 16.3. The Kier molecular flexibility index (Phi) is 5.00. The summed E-state index contributed by atoms with van der Waals surface area (Å²) in [5, 5.41) is 0. The van der Waals surface area contributed by atoms with Gasteiger partial charge in [-0.2, -0.15) is 0 Å². The maximum absolute atomic E-state index is 12.5. The third-order valence-electron chi connectivity index (χ3n) is 5.84. The lowest BCUT2D eigenvalue weighted by Gasteiger charge is -2.27. The number of nitrogens with zero attached hydrogens (tertiary/aromatic N) is 2. The Hall–Kier alpha value is -0.610. The molecule has 2 heterocycles. The highest BCUT2D eigenvalue weighted by atomic mass is 16.5. The van der Waals surface area contributed by atoms with Crippen molar-refractivity contribution in [1.29, 1.82) is 0 Å². The van der Waals surface area contributed by atoms with Gasteiger partial charge in [0.05, 0.1) is 12.7 Å². The summed E-state index contributed by atoms with van der Waals surface area (Å²) >= 11 is 0. The minimum atomic E-state index is 0.0928. The van der Waals surface area contributed by atoms with E-state index in [1.165, 1.54) is 32.5 Å². The smallest absolute Gasteiger partial charge is 0.223 e. The number of likely N-dealkylation sites (tertiary alicyclic amines) is 2. The standard InChI is InChI=1S/C20H36N2O2/c1-15(2)24-14-20(6-7-20)13-21-9-16-11-22(12-17(16)10-21)18(23)8-19(3,4)5/h15-17H,6-14H2,1-5H3. The van der Waals surface area contributed by atoms with Crippen LogP contribution in [0.25, 0.3) is 0 Å². The summed E-state index contributed by atoms with van der Waals surface area (Å²) in [6, 6.07) is 0. The van der Waals surface area contributed by atoms with Crippen LogP contribution in [0, 0.1) is 22.7 Å². The molecule has 138 valence electrons. The summed E-state index contributed by atoms with van der Waals surface area (Å²) in [7, 11) is 0. The molecule has 3 fully saturated rings. The zero-order chi connectivity index (χ0) is 17.5. The van der Waals surface area contributed by atoms with E-state index in [4.69, 9.17) is 4.74 Å². The van der Waals surface area contributed by atoms with E-state index in [1.807, 2.05) is 0 Å². The molecule has 0 spiro atoms. The molecule has 3 rings (SSSR count). The van der Waals surface area contributed by atoms with Gasteiger partial charge in [0.25, 0.3) is 0 Å². The van der Waals surface area contributed by atoms with E-state index in [0.717, 1.165) is 19.7 Å². The third-order valence-corrected chi connectivity index (χ3v) is 5.84. The van der Waals surface area contributed by atoms with E-state index >= 15 is 0 Å². The molecule has 2 saturated heterocycles. The Morgan fingerprint density at radius 1 is 1.12 bits per heavy atom. The summed E-state index contributed by atoms with van der Waals surface area (Å²) in [5.41, 5.74) is 0.528. The first kappa shape index (κ1) is 18.2. The average molecular weight is 337 g/mol. The molecule has 2 atom stereocenters. The van der Waals surface area contributed by atoms with E-state index in [0.29, 0.717) is 35.7 Å². The van der Waals surface area contributed by atoms with Gasteiger partial charge in [0.1, 0.15) is 0 Å². The number of rotatable bonds is 6. The van der Waals surface area contributed by atoms with Crippen molar-refractivity contribution in [1.82, 2.24) is 9.80 Å². The Balaban J connectivity index is 1.45. The molecule has 4 nitrogen and oxygen atoms in total. The van der Waals surface area contributed by atoms with Gasteiger partial charge in [0, 0.05) is 44.6 Å². The number of fused-ring (bicyclic) bond motifs is 1. The lowest BCUT2D eigenvalue weighted by atomic mass is 9.91. The molecule has 4 heteroatoms. The maximum atomic E-state index is 12.5. The van der Waals surface area contributed by atoms with Crippen molar-refractivity contribution in [2.24, 2.45) is 22.7 Å². The maximum Gasteiger partial charge on any atom is 0.223 e. The predicted molar refractivity (Wildman–Crippen MR) is 96.8 cm³/mol. The molecule has 0 bridgehead atoms. The second kappa shape index (κ2) is 6.60. The fourth-order valence-electron chi connectivity index (χ4n) is 4.33. The molecule has 24 heavy (non-hydrogen) atoms. The monoisotopic (exact) mass is 336 g/mol. The van der Waals surface area contributed by atoms with Crippen molar-refractivity contribution in [2.75, 3.05) is 39.3 Å². The van der Waals surface area contributed by atoms with Crippen molar-refractivity contribution in [3.63, 3.8) is 0 Å². The topological polar surface area (TPSA) is 32.8 Å². The van der Waals surface area contributed by atoms with Gasteiger partial charge < -0.3 is 14.5 Å². The van der Waals surface area contributed by atoms with Gasteiger partial charge in [0.15, 0.2) is 0 Å². The average Bonchev–Trinajstić information content (AvgIpc) is 2.91. The lowest BCUT2D eigenvalue weighted by Crippen LogP contribution is -2.37. The Labute approximate surface area is 147 Å². The van der Waals surface area contributed by atoms with Crippen molar-refractivity contribution in [2.45, 2.75) is 60.0 Å². The van der Waals surface area contributed by atoms with E-state index < -0.39 is 0 Å². The second-order valence-corrected chi connectivity index (χ2v) is 10.1. The van der Waals surface area contributed by atoms with Gasteiger partial charge >= 0.3 is 0 Å². The van der Waals surface area contributed by atoms with E-state index in [2.05, 4.69) is 44.4 Å². The zero-order valence-corrected chi connectivity index (χ0v) is 16.3. The van der Waals surface area contributed by atoms with Crippen LogP contribution in [0.4, 0.5) is 0 Å². The van der Waals surface area contributed by atoms with Gasteiger partial charge in [-0.3, -0.25) is 4.79 Å². The predicted octanol–water partition coefficient (Wildman–Crippen LogP) is 3.02. The van der Waals surface area contributed by atoms with Crippen LogP contribution in [-0.2, 0) is 9.53 Å². The van der Waals surface area contributed by atoms with Gasteiger partial charge in [-0.1, -0.05) is 20.8 Å². The largest absolute Gasteiger partial charge is 0.378 e. The molecular weight excluding hydrogens is 300 g/mol. The molecule has 0 aromatic rings. The van der Waals surface area contributed by atoms with Crippen LogP contribution in [0.3, 0.4) is 0 Å². The second-order valence-electron chi connectivity index (χ2n) is 10.1. The molecule has 2 unspecified atom stereocenters.